The van der Waals surface area contributed by atoms with Crippen LogP contribution < -0.4 is 16.2 Å². The average Bonchev–Trinajstić information content (AvgIpc) is 3.25. The minimum Gasteiger partial charge on any atom is -0.370 e. The van der Waals surface area contributed by atoms with Gasteiger partial charge in [0.25, 0.3) is 11.5 Å². The number of aromatic amines is 1. The van der Waals surface area contributed by atoms with Crippen molar-refractivity contribution in [3.63, 3.8) is 0 Å². The zero-order valence-electron chi connectivity index (χ0n) is 19.2. The number of hydrogen-bond donors (Lipinski definition) is 2. The van der Waals surface area contributed by atoms with Gasteiger partial charge >= 0.3 is 0 Å². The zero-order valence-corrected chi connectivity index (χ0v) is 20.0. The molecule has 11 heteroatoms. The Kier molecular flexibility index (Phi) is 4.94. The number of fused-ring (bicyclic) bond motifs is 7. The maximum atomic E-state index is 13.8. The average molecular weight is 508 g/mol. The lowest BCUT2D eigenvalue weighted by atomic mass is 9.92. The SMILES string of the molecule is Cn1ncc2c3cc4c(CN)n[nH]c(=O)c4cc3c3c(Cl)cc(N4CCC(F)(F)CC4)c(C#N)c3c21. The number of halogens is 3. The topological polar surface area (TPSA) is 117 Å². The summed E-state index contributed by atoms with van der Waals surface area (Å²) >= 11 is 6.88. The summed E-state index contributed by atoms with van der Waals surface area (Å²) in [4.78, 5) is 14.5. The molecule has 0 aliphatic carbocycles. The van der Waals surface area contributed by atoms with Crippen LogP contribution in [0.15, 0.2) is 29.2 Å². The Bertz CT molecular complexity index is 1830. The van der Waals surface area contributed by atoms with Gasteiger partial charge in [-0.25, -0.2) is 13.9 Å². The van der Waals surface area contributed by atoms with Gasteiger partial charge < -0.3 is 10.6 Å². The third-order valence-corrected chi connectivity index (χ3v) is 7.44. The van der Waals surface area contributed by atoms with Crippen molar-refractivity contribution in [1.82, 2.24) is 20.0 Å². The summed E-state index contributed by atoms with van der Waals surface area (Å²) in [6.45, 7) is 0.362. The molecule has 182 valence electrons. The summed E-state index contributed by atoms with van der Waals surface area (Å²) in [5.74, 6) is -2.72. The number of H-pyrrole nitrogens is 1. The highest BCUT2D eigenvalue weighted by atomic mass is 35.5. The quantitative estimate of drug-likeness (QED) is 0.271. The first-order valence-electron chi connectivity index (χ1n) is 11.4. The molecular weight excluding hydrogens is 488 g/mol. The van der Waals surface area contributed by atoms with Crippen LogP contribution >= 0.6 is 11.6 Å². The van der Waals surface area contributed by atoms with Gasteiger partial charge in [-0.1, -0.05) is 11.6 Å². The number of alkyl halides is 2. The molecule has 0 radical (unpaired) electrons. The third kappa shape index (κ3) is 3.16. The van der Waals surface area contributed by atoms with E-state index in [0.29, 0.717) is 54.4 Å². The number of nitrogens with one attached hydrogen (secondary N) is 1. The van der Waals surface area contributed by atoms with Crippen LogP contribution in [0.25, 0.3) is 43.2 Å². The van der Waals surface area contributed by atoms with E-state index in [1.54, 1.807) is 35.0 Å². The molecule has 1 saturated heterocycles. The predicted molar refractivity (Wildman–Crippen MR) is 136 cm³/mol. The number of benzene rings is 3. The number of aryl methyl sites for hydroxylation is 1. The van der Waals surface area contributed by atoms with E-state index in [0.717, 1.165) is 10.8 Å². The molecule has 2 aromatic heterocycles. The number of anilines is 1. The molecular formula is C25H20ClF2N7O. The summed E-state index contributed by atoms with van der Waals surface area (Å²) in [7, 11) is 1.77. The fourth-order valence-electron chi connectivity index (χ4n) is 5.36. The first-order chi connectivity index (χ1) is 17.2. The number of aromatic nitrogens is 4. The van der Waals surface area contributed by atoms with Crippen molar-refractivity contribution < 1.29 is 8.78 Å². The van der Waals surface area contributed by atoms with Crippen LogP contribution in [0.2, 0.25) is 5.02 Å². The second kappa shape index (κ2) is 7.85. The number of piperidine rings is 1. The first kappa shape index (κ1) is 22.6. The van der Waals surface area contributed by atoms with Gasteiger partial charge in [-0.15, -0.1) is 0 Å². The van der Waals surface area contributed by atoms with Gasteiger partial charge in [-0.05, 0) is 29.0 Å². The zero-order chi connectivity index (χ0) is 25.4. The summed E-state index contributed by atoms with van der Waals surface area (Å²) in [5, 5.41) is 26.1. The summed E-state index contributed by atoms with van der Waals surface area (Å²) in [5.41, 5.74) is 7.59. The van der Waals surface area contributed by atoms with Crippen LogP contribution in [-0.4, -0.2) is 39.0 Å². The van der Waals surface area contributed by atoms with Crippen molar-refractivity contribution in [2.24, 2.45) is 12.8 Å². The summed E-state index contributed by atoms with van der Waals surface area (Å²) < 4.78 is 29.4. The van der Waals surface area contributed by atoms with Crippen molar-refractivity contribution in [3.05, 3.63) is 51.0 Å². The molecule has 36 heavy (non-hydrogen) atoms. The van der Waals surface area contributed by atoms with Gasteiger partial charge in [0.2, 0.25) is 0 Å². The van der Waals surface area contributed by atoms with Crippen LogP contribution in [-0.2, 0) is 13.6 Å². The second-order valence-corrected chi connectivity index (χ2v) is 9.54. The number of hydrogen-bond acceptors (Lipinski definition) is 6. The van der Waals surface area contributed by atoms with Crippen LogP contribution in [0.1, 0.15) is 24.1 Å². The summed E-state index contributed by atoms with van der Waals surface area (Å²) in [6, 6.07) is 7.57. The van der Waals surface area contributed by atoms with Gasteiger partial charge in [0, 0.05) is 61.1 Å². The Morgan fingerprint density at radius 1 is 1.14 bits per heavy atom. The van der Waals surface area contributed by atoms with Crippen LogP contribution in [0, 0.1) is 11.3 Å². The first-order valence-corrected chi connectivity index (χ1v) is 11.8. The fraction of sp³-hybridized carbons (Fsp3) is 0.280. The molecule has 0 saturated carbocycles. The standard InChI is InChI=1S/C25H20ClF2N7O/c1-34-23-17(11-31-34)12-6-13-15(24(36)33-32-19(13)10-30)7-14(12)21-18(26)8-20(16(9-29)22(21)23)35-4-2-25(27,28)3-5-35/h6-8,11H,2-5,10,30H2,1H3,(H,33,36). The van der Waals surface area contributed by atoms with Crippen molar-refractivity contribution in [1.29, 1.82) is 5.26 Å². The van der Waals surface area contributed by atoms with Crippen LogP contribution in [0.4, 0.5) is 14.5 Å². The van der Waals surface area contributed by atoms with Crippen molar-refractivity contribution in [2.75, 3.05) is 18.0 Å². The van der Waals surface area contributed by atoms with Gasteiger partial charge in [0.1, 0.15) is 6.07 Å². The van der Waals surface area contributed by atoms with E-state index >= 15 is 0 Å². The Morgan fingerprint density at radius 3 is 2.56 bits per heavy atom. The number of nitriles is 1. The van der Waals surface area contributed by atoms with E-state index in [1.807, 2.05) is 6.07 Å². The molecule has 0 atom stereocenters. The molecule has 8 nitrogen and oxygen atoms in total. The van der Waals surface area contributed by atoms with Gasteiger partial charge in [-0.2, -0.15) is 15.5 Å². The number of nitrogens with two attached hydrogens (primary N) is 1. The van der Waals surface area contributed by atoms with E-state index in [1.165, 1.54) is 0 Å². The van der Waals surface area contributed by atoms with Crippen LogP contribution in [0.3, 0.4) is 0 Å². The largest absolute Gasteiger partial charge is 0.370 e. The van der Waals surface area contributed by atoms with Gasteiger partial charge in [0.15, 0.2) is 0 Å². The monoisotopic (exact) mass is 507 g/mol. The molecule has 0 spiro atoms. The smallest absolute Gasteiger partial charge is 0.272 e. The minimum atomic E-state index is -2.72. The van der Waals surface area contributed by atoms with E-state index in [-0.39, 0.29) is 38.0 Å². The Labute approximate surface area is 207 Å². The molecule has 1 aliphatic heterocycles. The number of rotatable bonds is 2. The molecule has 0 amide bonds. The molecule has 6 rings (SSSR count). The van der Waals surface area contributed by atoms with Gasteiger partial charge in [0.05, 0.1) is 39.1 Å². The van der Waals surface area contributed by atoms with Crippen molar-refractivity contribution in [2.45, 2.75) is 25.3 Å². The van der Waals surface area contributed by atoms with E-state index in [9.17, 15) is 18.8 Å². The van der Waals surface area contributed by atoms with Gasteiger partial charge in [-0.3, -0.25) is 9.48 Å². The molecule has 0 bridgehead atoms. The highest BCUT2D eigenvalue weighted by Gasteiger charge is 2.35. The molecule has 1 aliphatic rings. The molecule has 5 aromatic rings. The lowest BCUT2D eigenvalue weighted by molar-refractivity contribution is -0.0220. The normalized spacial score (nSPS) is 15.8. The third-order valence-electron chi connectivity index (χ3n) is 7.14. The molecule has 3 aromatic carbocycles. The molecule has 1 fully saturated rings. The van der Waals surface area contributed by atoms with Crippen molar-refractivity contribution in [3.8, 4) is 6.07 Å². The van der Waals surface area contributed by atoms with Crippen LogP contribution in [0.5, 0.6) is 0 Å². The molecule has 0 unspecified atom stereocenters. The van der Waals surface area contributed by atoms with E-state index in [2.05, 4.69) is 21.4 Å². The highest BCUT2D eigenvalue weighted by molar-refractivity contribution is 6.42. The Morgan fingerprint density at radius 2 is 1.86 bits per heavy atom. The maximum absolute atomic E-state index is 13.8. The lowest BCUT2D eigenvalue weighted by Gasteiger charge is -2.34. The highest BCUT2D eigenvalue weighted by Crippen LogP contribution is 2.45. The predicted octanol–water partition coefficient (Wildman–Crippen LogP) is 4.34. The lowest BCUT2D eigenvalue weighted by Crippen LogP contribution is -2.39. The fourth-order valence-corrected chi connectivity index (χ4v) is 5.66. The Hall–Kier alpha value is -3.81. The molecule has 3 heterocycles. The molecule has 3 N–H and O–H groups in total. The van der Waals surface area contributed by atoms with E-state index < -0.39 is 5.92 Å². The second-order valence-electron chi connectivity index (χ2n) is 9.13. The number of nitrogens with zero attached hydrogens (tertiary/aromatic N) is 5. The maximum Gasteiger partial charge on any atom is 0.272 e. The minimum absolute atomic E-state index is 0.112. The summed E-state index contributed by atoms with van der Waals surface area (Å²) in [6.07, 6.45) is 1.12. The van der Waals surface area contributed by atoms with E-state index in [4.69, 9.17) is 17.3 Å². The Balaban J connectivity index is 1.78. The van der Waals surface area contributed by atoms with Crippen molar-refractivity contribution >= 4 is 60.5 Å².